The minimum Gasteiger partial charge on any atom is -0.477 e. The molecule has 118 valence electrons. The Bertz CT molecular complexity index is 929. The van der Waals surface area contributed by atoms with Crippen LogP contribution in [0.2, 0.25) is 0 Å². The Morgan fingerprint density at radius 2 is 2.00 bits per heavy atom. The standard InChI is InChI=1S/C16H12FNO4S/c1-18(8-9-2-4-10(17)5-3-9)14-7-12-13(23-14)6-11(15(19)20)16(21)22-12/h2-7H,8H2,1H3,(H,19,20). The molecule has 0 radical (unpaired) electrons. The summed E-state index contributed by atoms with van der Waals surface area (Å²) in [5.41, 5.74) is 0.0348. The van der Waals surface area contributed by atoms with Gasteiger partial charge in [-0.25, -0.2) is 14.0 Å². The molecule has 0 atom stereocenters. The Labute approximate surface area is 134 Å². The van der Waals surface area contributed by atoms with E-state index in [1.165, 1.54) is 29.5 Å². The van der Waals surface area contributed by atoms with Crippen LogP contribution in [-0.2, 0) is 6.54 Å². The van der Waals surface area contributed by atoms with Crippen molar-refractivity contribution < 1.29 is 18.7 Å². The molecule has 1 N–H and O–H groups in total. The molecule has 0 bridgehead atoms. The summed E-state index contributed by atoms with van der Waals surface area (Å²) in [7, 11) is 1.85. The molecule has 2 aromatic heterocycles. The number of hydrogen-bond donors (Lipinski definition) is 1. The molecule has 0 saturated carbocycles. The van der Waals surface area contributed by atoms with Crippen molar-refractivity contribution in [3.05, 3.63) is 63.8 Å². The molecule has 0 amide bonds. The van der Waals surface area contributed by atoms with Gasteiger partial charge >= 0.3 is 11.6 Å². The number of fused-ring (bicyclic) bond motifs is 1. The Balaban J connectivity index is 1.91. The van der Waals surface area contributed by atoms with Crippen molar-refractivity contribution in [1.29, 1.82) is 0 Å². The number of aromatic carboxylic acids is 1. The zero-order valence-electron chi connectivity index (χ0n) is 12.1. The molecule has 1 aromatic carbocycles. The third kappa shape index (κ3) is 3.09. The van der Waals surface area contributed by atoms with E-state index in [2.05, 4.69) is 0 Å². The van der Waals surface area contributed by atoms with Crippen LogP contribution in [0.3, 0.4) is 0 Å². The number of halogens is 1. The molecule has 0 aliphatic heterocycles. The van der Waals surface area contributed by atoms with Gasteiger partial charge in [0.2, 0.25) is 0 Å². The van der Waals surface area contributed by atoms with Crippen LogP contribution < -0.4 is 10.5 Å². The highest BCUT2D eigenvalue weighted by atomic mass is 32.1. The molecular formula is C16H12FNO4S. The van der Waals surface area contributed by atoms with Crippen LogP contribution in [0.4, 0.5) is 9.39 Å². The highest BCUT2D eigenvalue weighted by Gasteiger charge is 2.15. The van der Waals surface area contributed by atoms with Crippen molar-refractivity contribution in [3.8, 4) is 0 Å². The van der Waals surface area contributed by atoms with E-state index in [0.717, 1.165) is 10.6 Å². The number of hydrogen-bond acceptors (Lipinski definition) is 5. The number of carboxylic acid groups (broad SMARTS) is 1. The number of benzene rings is 1. The lowest BCUT2D eigenvalue weighted by Crippen LogP contribution is -2.14. The van der Waals surface area contributed by atoms with Crippen LogP contribution in [0.5, 0.6) is 0 Å². The number of carboxylic acids is 1. The van der Waals surface area contributed by atoms with Crippen LogP contribution in [0.1, 0.15) is 15.9 Å². The monoisotopic (exact) mass is 333 g/mol. The minimum atomic E-state index is -1.31. The lowest BCUT2D eigenvalue weighted by Gasteiger charge is -2.16. The molecule has 0 saturated heterocycles. The predicted octanol–water partition coefficient (Wildman–Crippen LogP) is 3.33. The second-order valence-electron chi connectivity index (χ2n) is 5.05. The second-order valence-corrected chi connectivity index (χ2v) is 6.11. The molecular weight excluding hydrogens is 321 g/mol. The van der Waals surface area contributed by atoms with Crippen molar-refractivity contribution in [1.82, 2.24) is 0 Å². The first-order chi connectivity index (χ1) is 10.9. The summed E-state index contributed by atoms with van der Waals surface area (Å²) in [5, 5.41) is 9.78. The van der Waals surface area contributed by atoms with Gasteiger partial charge in [-0.15, -0.1) is 11.3 Å². The maximum atomic E-state index is 12.9. The fraction of sp³-hybridized carbons (Fsp3) is 0.125. The number of nitrogens with zero attached hydrogens (tertiary/aromatic N) is 1. The lowest BCUT2D eigenvalue weighted by atomic mass is 10.2. The molecule has 3 rings (SSSR count). The molecule has 2 heterocycles. The van der Waals surface area contributed by atoms with Crippen LogP contribution in [0.25, 0.3) is 10.3 Å². The number of carbonyl (C=O) groups is 1. The Morgan fingerprint density at radius 3 is 2.65 bits per heavy atom. The number of anilines is 1. The fourth-order valence-corrected chi connectivity index (χ4v) is 3.17. The van der Waals surface area contributed by atoms with E-state index in [9.17, 15) is 14.0 Å². The first-order valence-electron chi connectivity index (χ1n) is 6.70. The normalized spacial score (nSPS) is 10.9. The quantitative estimate of drug-likeness (QED) is 0.793. The van der Waals surface area contributed by atoms with E-state index in [-0.39, 0.29) is 11.4 Å². The Morgan fingerprint density at radius 1 is 1.30 bits per heavy atom. The second kappa shape index (κ2) is 5.85. The van der Waals surface area contributed by atoms with E-state index in [0.29, 0.717) is 16.8 Å². The summed E-state index contributed by atoms with van der Waals surface area (Å²) < 4.78 is 18.6. The summed E-state index contributed by atoms with van der Waals surface area (Å²) in [6, 6.07) is 9.20. The van der Waals surface area contributed by atoms with Gasteiger partial charge < -0.3 is 14.4 Å². The van der Waals surface area contributed by atoms with Crippen molar-refractivity contribution in [2.45, 2.75) is 6.54 Å². The van der Waals surface area contributed by atoms with Gasteiger partial charge in [0.25, 0.3) is 0 Å². The first-order valence-corrected chi connectivity index (χ1v) is 7.52. The predicted molar refractivity (Wildman–Crippen MR) is 85.8 cm³/mol. The van der Waals surface area contributed by atoms with Crippen molar-refractivity contribution in [2.24, 2.45) is 0 Å². The maximum Gasteiger partial charge on any atom is 0.351 e. The molecule has 0 unspecified atom stereocenters. The Kier molecular flexibility index (Phi) is 3.87. The zero-order chi connectivity index (χ0) is 16.6. The highest BCUT2D eigenvalue weighted by molar-refractivity contribution is 7.22. The summed E-state index contributed by atoms with van der Waals surface area (Å²) >= 11 is 1.32. The molecule has 0 aliphatic rings. The molecule has 0 spiro atoms. The van der Waals surface area contributed by atoms with Crippen molar-refractivity contribution in [3.63, 3.8) is 0 Å². The molecule has 0 aliphatic carbocycles. The molecule has 5 nitrogen and oxygen atoms in total. The van der Waals surface area contributed by atoms with Crippen LogP contribution >= 0.6 is 11.3 Å². The molecule has 23 heavy (non-hydrogen) atoms. The van der Waals surface area contributed by atoms with E-state index in [1.54, 1.807) is 18.2 Å². The average molecular weight is 333 g/mol. The third-order valence-electron chi connectivity index (χ3n) is 3.35. The zero-order valence-corrected chi connectivity index (χ0v) is 12.9. The van der Waals surface area contributed by atoms with Crippen LogP contribution in [-0.4, -0.2) is 18.1 Å². The average Bonchev–Trinajstić information content (AvgIpc) is 2.91. The highest BCUT2D eigenvalue weighted by Crippen LogP contribution is 2.32. The summed E-state index contributed by atoms with van der Waals surface area (Å²) in [6.45, 7) is 0.545. The topological polar surface area (TPSA) is 70.8 Å². The van der Waals surface area contributed by atoms with Crippen LogP contribution in [0, 0.1) is 5.82 Å². The van der Waals surface area contributed by atoms with Crippen LogP contribution in [0.15, 0.2) is 45.6 Å². The van der Waals surface area contributed by atoms with Gasteiger partial charge in [-0.05, 0) is 23.8 Å². The smallest absolute Gasteiger partial charge is 0.351 e. The van der Waals surface area contributed by atoms with Gasteiger partial charge in [0.15, 0.2) is 5.58 Å². The maximum absolute atomic E-state index is 12.9. The SMILES string of the molecule is CN(Cc1ccc(F)cc1)c1cc2oc(=O)c(C(=O)O)cc2s1. The van der Waals surface area contributed by atoms with Gasteiger partial charge in [0, 0.05) is 19.7 Å². The number of rotatable bonds is 4. The molecule has 3 aromatic rings. The van der Waals surface area contributed by atoms with E-state index >= 15 is 0 Å². The lowest BCUT2D eigenvalue weighted by molar-refractivity contribution is 0.0692. The van der Waals surface area contributed by atoms with Gasteiger partial charge in [-0.1, -0.05) is 12.1 Å². The summed E-state index contributed by atoms with van der Waals surface area (Å²) in [4.78, 5) is 24.5. The van der Waals surface area contributed by atoms with E-state index in [1.807, 2.05) is 11.9 Å². The molecule has 0 fully saturated rings. The Hall–Kier alpha value is -2.67. The fourth-order valence-electron chi connectivity index (χ4n) is 2.18. The van der Waals surface area contributed by atoms with Gasteiger partial charge in [-0.2, -0.15) is 0 Å². The van der Waals surface area contributed by atoms with Crippen molar-refractivity contribution in [2.75, 3.05) is 11.9 Å². The first kappa shape index (κ1) is 15.2. The van der Waals surface area contributed by atoms with Crippen molar-refractivity contribution >= 4 is 32.6 Å². The third-order valence-corrected chi connectivity index (χ3v) is 4.53. The van der Waals surface area contributed by atoms with Gasteiger partial charge in [0.05, 0.1) is 9.70 Å². The number of thiophene rings is 1. The largest absolute Gasteiger partial charge is 0.477 e. The summed E-state index contributed by atoms with van der Waals surface area (Å²) in [6.07, 6.45) is 0. The summed E-state index contributed by atoms with van der Waals surface area (Å²) in [5.74, 6) is -1.60. The van der Waals surface area contributed by atoms with Gasteiger partial charge in [0.1, 0.15) is 11.4 Å². The van der Waals surface area contributed by atoms with Gasteiger partial charge in [-0.3, -0.25) is 0 Å². The van der Waals surface area contributed by atoms with E-state index in [4.69, 9.17) is 9.52 Å². The molecule has 7 heteroatoms. The minimum absolute atomic E-state index is 0.291. The van der Waals surface area contributed by atoms with E-state index < -0.39 is 11.6 Å².